The normalized spacial score (nSPS) is 18.5. The molecule has 1 aliphatic rings. The summed E-state index contributed by atoms with van der Waals surface area (Å²) in [5.41, 5.74) is 4.40. The second kappa shape index (κ2) is 8.81. The van der Waals surface area contributed by atoms with Crippen LogP contribution in [-0.2, 0) is 0 Å². The number of rotatable bonds is 5. The largest absolute Gasteiger partial charge is 0.497 e. The molecule has 0 unspecified atom stereocenters. The van der Waals surface area contributed by atoms with Gasteiger partial charge >= 0.3 is 5.97 Å². The van der Waals surface area contributed by atoms with Crippen LogP contribution in [0.25, 0.3) is 0 Å². The van der Waals surface area contributed by atoms with E-state index in [9.17, 15) is 9.90 Å². The fraction of sp³-hybridized carbons (Fsp3) is 0.167. The monoisotopic (exact) mass is 464 g/mol. The van der Waals surface area contributed by atoms with Crippen molar-refractivity contribution in [3.05, 3.63) is 99.5 Å². The van der Waals surface area contributed by atoms with E-state index in [0.29, 0.717) is 0 Å². The summed E-state index contributed by atoms with van der Waals surface area (Å²) < 4.78 is 6.29. The molecule has 30 heavy (non-hydrogen) atoms. The lowest BCUT2D eigenvalue weighted by Gasteiger charge is -2.30. The van der Waals surface area contributed by atoms with E-state index in [1.54, 1.807) is 19.2 Å². The smallest absolute Gasteiger partial charge is 0.335 e. The van der Waals surface area contributed by atoms with Crippen LogP contribution in [0.2, 0.25) is 0 Å². The van der Waals surface area contributed by atoms with Gasteiger partial charge in [-0.3, -0.25) is 10.3 Å². The minimum absolute atomic E-state index is 0.0616. The van der Waals surface area contributed by atoms with Crippen LogP contribution >= 0.6 is 15.9 Å². The van der Waals surface area contributed by atoms with Crippen molar-refractivity contribution in [1.29, 1.82) is 0 Å². The molecule has 0 aliphatic carbocycles. The molecule has 152 valence electrons. The first-order chi connectivity index (χ1) is 14.5. The van der Waals surface area contributed by atoms with Crippen LogP contribution in [0.4, 0.5) is 0 Å². The van der Waals surface area contributed by atoms with Crippen molar-refractivity contribution in [3.8, 4) is 5.75 Å². The minimum Gasteiger partial charge on any atom is -0.497 e. The molecule has 1 heterocycles. The van der Waals surface area contributed by atoms with Gasteiger partial charge in [0.1, 0.15) is 11.9 Å². The number of methoxy groups -OCH3 is 1. The van der Waals surface area contributed by atoms with Crippen molar-refractivity contribution in [2.24, 2.45) is 4.99 Å². The number of nitrogens with zero attached hydrogens (tertiary/aromatic N) is 1. The number of carboxylic acid groups (broad SMARTS) is 1. The molecule has 0 amide bonds. The number of carboxylic acids is 1. The summed E-state index contributed by atoms with van der Waals surface area (Å²) in [6.45, 7) is 0. The topological polar surface area (TPSA) is 70.9 Å². The van der Waals surface area contributed by atoms with Gasteiger partial charge in [-0.15, -0.1) is 0 Å². The third-order valence-electron chi connectivity index (χ3n) is 5.19. The van der Waals surface area contributed by atoms with E-state index < -0.39 is 5.97 Å². The zero-order chi connectivity index (χ0) is 21.1. The van der Waals surface area contributed by atoms with Crippen LogP contribution < -0.4 is 10.1 Å². The Labute approximate surface area is 183 Å². The average molecular weight is 465 g/mol. The van der Waals surface area contributed by atoms with Crippen LogP contribution in [0.3, 0.4) is 0 Å². The fourth-order valence-corrected chi connectivity index (χ4v) is 3.98. The van der Waals surface area contributed by atoms with Gasteiger partial charge in [-0.25, -0.2) is 4.79 Å². The maximum absolute atomic E-state index is 11.2. The molecule has 0 saturated heterocycles. The van der Waals surface area contributed by atoms with Crippen LogP contribution in [0.5, 0.6) is 5.75 Å². The van der Waals surface area contributed by atoms with Crippen LogP contribution in [-0.4, -0.2) is 23.9 Å². The number of aliphatic imine (C=N–C) groups is 1. The van der Waals surface area contributed by atoms with Gasteiger partial charge in [0.05, 0.1) is 12.7 Å². The zero-order valence-corrected chi connectivity index (χ0v) is 18.0. The van der Waals surface area contributed by atoms with Gasteiger partial charge in [-0.05, 0) is 53.1 Å². The zero-order valence-electron chi connectivity index (χ0n) is 16.4. The molecule has 3 aromatic carbocycles. The third-order valence-corrected chi connectivity index (χ3v) is 5.68. The molecule has 5 nitrogen and oxygen atoms in total. The number of nitrogens with one attached hydrogen (secondary N) is 1. The molecule has 2 atom stereocenters. The van der Waals surface area contributed by atoms with E-state index in [2.05, 4.69) is 45.5 Å². The van der Waals surface area contributed by atoms with E-state index in [-0.39, 0.29) is 17.8 Å². The van der Waals surface area contributed by atoms with Gasteiger partial charge < -0.3 is 9.84 Å². The Hall–Kier alpha value is -2.96. The number of hydrogen-bond donors (Lipinski definition) is 2. The molecule has 0 aromatic heterocycles. The first kappa shape index (κ1) is 20.3. The predicted octanol–water partition coefficient (Wildman–Crippen LogP) is 5.38. The number of aromatic carboxylic acids is 1. The second-order valence-electron chi connectivity index (χ2n) is 7.11. The lowest BCUT2D eigenvalue weighted by atomic mass is 9.94. The van der Waals surface area contributed by atoms with Crippen LogP contribution in [0.1, 0.15) is 45.7 Å². The first-order valence-corrected chi connectivity index (χ1v) is 10.4. The van der Waals surface area contributed by atoms with E-state index in [4.69, 9.17) is 9.73 Å². The Morgan fingerprint density at radius 2 is 1.77 bits per heavy atom. The summed E-state index contributed by atoms with van der Waals surface area (Å²) in [6.07, 6.45) is 0.467. The molecule has 3 aromatic rings. The summed E-state index contributed by atoms with van der Waals surface area (Å²) in [7, 11) is 1.66. The average Bonchev–Trinajstić information content (AvgIpc) is 2.79. The fourth-order valence-electron chi connectivity index (χ4n) is 3.58. The van der Waals surface area contributed by atoms with E-state index in [1.165, 1.54) is 0 Å². The highest BCUT2D eigenvalue weighted by Crippen LogP contribution is 2.32. The summed E-state index contributed by atoms with van der Waals surface area (Å²) in [5, 5.41) is 12.8. The Balaban J connectivity index is 1.71. The summed E-state index contributed by atoms with van der Waals surface area (Å²) >= 11 is 3.55. The van der Waals surface area contributed by atoms with E-state index in [1.807, 2.05) is 36.4 Å². The Morgan fingerprint density at radius 1 is 1.07 bits per heavy atom. The molecule has 0 saturated carbocycles. The molecule has 6 heteroatoms. The van der Waals surface area contributed by atoms with Crippen molar-refractivity contribution < 1.29 is 14.6 Å². The number of hydrogen-bond acceptors (Lipinski definition) is 4. The molecular weight excluding hydrogens is 444 g/mol. The quantitative estimate of drug-likeness (QED) is 0.531. The van der Waals surface area contributed by atoms with Gasteiger partial charge in [-0.1, -0.05) is 52.3 Å². The number of carbonyl (C=O) groups is 1. The lowest BCUT2D eigenvalue weighted by molar-refractivity contribution is 0.0697. The summed E-state index contributed by atoms with van der Waals surface area (Å²) in [6, 6.07) is 23.1. The Bertz CT molecular complexity index is 1080. The van der Waals surface area contributed by atoms with Crippen molar-refractivity contribution in [3.63, 3.8) is 0 Å². The highest BCUT2D eigenvalue weighted by atomic mass is 79.9. The minimum atomic E-state index is -0.937. The molecule has 2 N–H and O–H groups in total. The first-order valence-electron chi connectivity index (χ1n) is 9.59. The number of halogens is 1. The van der Waals surface area contributed by atoms with E-state index in [0.717, 1.165) is 39.0 Å². The molecule has 0 radical (unpaired) electrons. The SMILES string of the molecule is COc1ccc([C@H]2CC(c3cccc(Br)c3)=N[C@@H](c3ccc(C(=O)O)cc3)N2)cc1. The van der Waals surface area contributed by atoms with Crippen molar-refractivity contribution in [2.75, 3.05) is 7.11 Å². The molecular formula is C24H21BrN2O3. The maximum Gasteiger partial charge on any atom is 0.335 e. The van der Waals surface area contributed by atoms with Crippen LogP contribution in [0, 0.1) is 0 Å². The van der Waals surface area contributed by atoms with Crippen molar-refractivity contribution >= 4 is 27.6 Å². The van der Waals surface area contributed by atoms with Gasteiger partial charge in [0.15, 0.2) is 0 Å². The van der Waals surface area contributed by atoms with Gasteiger partial charge in [0.25, 0.3) is 0 Å². The molecule has 0 fully saturated rings. The number of ether oxygens (including phenoxy) is 1. The highest BCUT2D eigenvalue weighted by Gasteiger charge is 2.26. The van der Waals surface area contributed by atoms with Crippen molar-refractivity contribution in [2.45, 2.75) is 18.6 Å². The molecule has 0 spiro atoms. The lowest BCUT2D eigenvalue weighted by Crippen LogP contribution is -2.33. The maximum atomic E-state index is 11.2. The third kappa shape index (κ3) is 4.45. The standard InChI is InChI=1S/C24H21BrN2O3/c1-30-20-11-9-15(10-12-20)21-14-22(18-3-2-4-19(25)13-18)27-23(26-21)16-5-7-17(8-6-16)24(28)29/h2-13,21,23,26H,14H2,1H3,(H,28,29)/t21-,23+/m1/s1. The molecule has 4 rings (SSSR count). The summed E-state index contributed by atoms with van der Waals surface area (Å²) in [5.74, 6) is -0.121. The van der Waals surface area contributed by atoms with Crippen LogP contribution in [0.15, 0.2) is 82.3 Å². The molecule has 0 bridgehead atoms. The predicted molar refractivity (Wildman–Crippen MR) is 120 cm³/mol. The van der Waals surface area contributed by atoms with Gasteiger partial charge in [0.2, 0.25) is 0 Å². The Kier molecular flexibility index (Phi) is 5.97. The van der Waals surface area contributed by atoms with Crippen molar-refractivity contribution in [1.82, 2.24) is 5.32 Å². The number of benzene rings is 3. The van der Waals surface area contributed by atoms with Gasteiger partial charge in [-0.2, -0.15) is 0 Å². The second-order valence-corrected chi connectivity index (χ2v) is 8.03. The highest BCUT2D eigenvalue weighted by molar-refractivity contribution is 9.10. The van der Waals surface area contributed by atoms with E-state index >= 15 is 0 Å². The molecule has 1 aliphatic heterocycles. The van der Waals surface area contributed by atoms with Gasteiger partial charge in [0, 0.05) is 22.6 Å². The summed E-state index contributed by atoms with van der Waals surface area (Å²) in [4.78, 5) is 16.1. The Morgan fingerprint density at radius 3 is 2.40 bits per heavy atom.